The predicted molar refractivity (Wildman–Crippen MR) is 93.8 cm³/mol. The van der Waals surface area contributed by atoms with Crippen LogP contribution in [0.1, 0.15) is 23.2 Å². The van der Waals surface area contributed by atoms with Gasteiger partial charge in [0.2, 0.25) is 0 Å². The smallest absolute Gasteiger partial charge is 0.255 e. The number of hydrogen-bond donors (Lipinski definition) is 1. The van der Waals surface area contributed by atoms with Crippen LogP contribution in [-0.2, 0) is 0 Å². The molecule has 0 unspecified atom stereocenters. The molecule has 1 aliphatic heterocycles. The molecule has 1 fully saturated rings. The van der Waals surface area contributed by atoms with Gasteiger partial charge in [-0.1, -0.05) is 11.6 Å². The van der Waals surface area contributed by atoms with Crippen molar-refractivity contribution in [3.05, 3.63) is 53.1 Å². The highest BCUT2D eigenvalue weighted by Crippen LogP contribution is 2.26. The Morgan fingerprint density at radius 3 is 2.43 bits per heavy atom. The normalized spacial score (nSPS) is 13.9. The zero-order valence-electron chi connectivity index (χ0n) is 13.0. The third-order valence-electron chi connectivity index (χ3n) is 4.01. The Hall–Kier alpha value is -2.20. The van der Waals surface area contributed by atoms with Crippen molar-refractivity contribution in [2.45, 2.75) is 12.8 Å². The average Bonchev–Trinajstić information content (AvgIpc) is 3.10. The second kappa shape index (κ2) is 6.92. The summed E-state index contributed by atoms with van der Waals surface area (Å²) in [5.74, 6) is 0.363. The summed E-state index contributed by atoms with van der Waals surface area (Å²) in [6.45, 7) is 2.21. The Kier molecular flexibility index (Phi) is 4.72. The zero-order chi connectivity index (χ0) is 16.2. The molecular weight excluding hydrogens is 312 g/mol. The van der Waals surface area contributed by atoms with Crippen LogP contribution in [0.3, 0.4) is 0 Å². The minimum Gasteiger partial charge on any atom is -0.495 e. The number of nitrogens with zero attached hydrogens (tertiary/aromatic N) is 1. The maximum atomic E-state index is 12.3. The van der Waals surface area contributed by atoms with Gasteiger partial charge in [0.15, 0.2) is 0 Å². The van der Waals surface area contributed by atoms with Gasteiger partial charge < -0.3 is 15.0 Å². The monoisotopic (exact) mass is 330 g/mol. The van der Waals surface area contributed by atoms with Crippen LogP contribution in [-0.4, -0.2) is 26.1 Å². The molecule has 1 N–H and O–H groups in total. The zero-order valence-corrected chi connectivity index (χ0v) is 13.8. The van der Waals surface area contributed by atoms with E-state index in [0.29, 0.717) is 16.3 Å². The lowest BCUT2D eigenvalue weighted by Gasteiger charge is -2.17. The molecule has 1 heterocycles. The molecule has 3 rings (SSSR count). The first-order valence-corrected chi connectivity index (χ1v) is 8.05. The highest BCUT2D eigenvalue weighted by Gasteiger charge is 2.13. The van der Waals surface area contributed by atoms with E-state index in [1.165, 1.54) is 18.5 Å². The summed E-state index contributed by atoms with van der Waals surface area (Å²) in [7, 11) is 1.54. The summed E-state index contributed by atoms with van der Waals surface area (Å²) in [6, 6.07) is 12.9. The number of halogens is 1. The van der Waals surface area contributed by atoms with E-state index in [9.17, 15) is 4.79 Å². The fourth-order valence-electron chi connectivity index (χ4n) is 2.74. The molecule has 0 atom stereocenters. The summed E-state index contributed by atoms with van der Waals surface area (Å²) < 4.78 is 5.09. The fraction of sp³-hybridized carbons (Fsp3) is 0.278. The quantitative estimate of drug-likeness (QED) is 0.913. The second-order valence-corrected chi connectivity index (χ2v) is 5.95. The minimum absolute atomic E-state index is 0.191. The van der Waals surface area contributed by atoms with E-state index in [1.54, 1.807) is 25.3 Å². The van der Waals surface area contributed by atoms with Crippen molar-refractivity contribution in [1.82, 2.24) is 0 Å². The Morgan fingerprint density at radius 2 is 1.83 bits per heavy atom. The van der Waals surface area contributed by atoms with Gasteiger partial charge in [-0.2, -0.15) is 0 Å². The van der Waals surface area contributed by atoms with E-state index in [4.69, 9.17) is 16.3 Å². The van der Waals surface area contributed by atoms with Gasteiger partial charge in [-0.3, -0.25) is 4.79 Å². The van der Waals surface area contributed by atoms with Crippen molar-refractivity contribution >= 4 is 28.9 Å². The van der Waals surface area contributed by atoms with Gasteiger partial charge in [0, 0.05) is 30.0 Å². The van der Waals surface area contributed by atoms with Crippen LogP contribution < -0.4 is 15.0 Å². The van der Waals surface area contributed by atoms with E-state index in [1.807, 2.05) is 24.3 Å². The van der Waals surface area contributed by atoms with Crippen LogP contribution in [0, 0.1) is 0 Å². The van der Waals surface area contributed by atoms with Crippen LogP contribution in [0.2, 0.25) is 5.02 Å². The largest absolute Gasteiger partial charge is 0.495 e. The third kappa shape index (κ3) is 3.59. The van der Waals surface area contributed by atoms with Crippen molar-refractivity contribution in [3.8, 4) is 5.75 Å². The molecule has 120 valence electrons. The van der Waals surface area contributed by atoms with Gasteiger partial charge in [0.25, 0.3) is 5.91 Å². The number of hydrogen-bond acceptors (Lipinski definition) is 3. The molecule has 23 heavy (non-hydrogen) atoms. The SMILES string of the molecule is COc1ccc(C(=O)Nc2ccc(N3CCCC3)cc2)cc1Cl. The van der Waals surface area contributed by atoms with Crippen molar-refractivity contribution in [2.75, 3.05) is 30.4 Å². The van der Waals surface area contributed by atoms with E-state index in [-0.39, 0.29) is 5.91 Å². The average molecular weight is 331 g/mol. The standard InChI is InChI=1S/C18H19ClN2O2/c1-23-17-9-4-13(12-16(17)19)18(22)20-14-5-7-15(8-6-14)21-10-2-3-11-21/h4-9,12H,2-3,10-11H2,1H3,(H,20,22). The molecule has 5 heteroatoms. The Bertz CT molecular complexity index is 695. The summed E-state index contributed by atoms with van der Waals surface area (Å²) in [5, 5.41) is 3.30. The summed E-state index contributed by atoms with van der Waals surface area (Å²) in [6.07, 6.45) is 2.49. The first-order valence-electron chi connectivity index (χ1n) is 7.67. The van der Waals surface area contributed by atoms with Crippen LogP contribution in [0.15, 0.2) is 42.5 Å². The van der Waals surface area contributed by atoms with Crippen LogP contribution in [0.5, 0.6) is 5.75 Å². The number of ether oxygens (including phenoxy) is 1. The van der Waals surface area contributed by atoms with Gasteiger partial charge in [-0.15, -0.1) is 0 Å². The molecule has 0 saturated carbocycles. The van der Waals surface area contributed by atoms with Gasteiger partial charge >= 0.3 is 0 Å². The first kappa shape index (κ1) is 15.7. The lowest BCUT2D eigenvalue weighted by Crippen LogP contribution is -2.17. The van der Waals surface area contributed by atoms with E-state index >= 15 is 0 Å². The van der Waals surface area contributed by atoms with Crippen LogP contribution in [0.4, 0.5) is 11.4 Å². The highest BCUT2D eigenvalue weighted by atomic mass is 35.5. The van der Waals surface area contributed by atoms with Crippen LogP contribution in [0.25, 0.3) is 0 Å². The maximum absolute atomic E-state index is 12.3. The van der Waals surface area contributed by atoms with Crippen molar-refractivity contribution in [3.63, 3.8) is 0 Å². The lowest BCUT2D eigenvalue weighted by atomic mass is 10.2. The van der Waals surface area contributed by atoms with Gasteiger partial charge in [0.05, 0.1) is 12.1 Å². The summed E-state index contributed by atoms with van der Waals surface area (Å²) >= 11 is 6.06. The number of carbonyl (C=O) groups excluding carboxylic acids is 1. The third-order valence-corrected chi connectivity index (χ3v) is 4.31. The number of benzene rings is 2. The molecule has 0 spiro atoms. The number of carbonyl (C=O) groups is 1. The van der Waals surface area contributed by atoms with E-state index in [2.05, 4.69) is 10.2 Å². The van der Waals surface area contributed by atoms with Crippen molar-refractivity contribution < 1.29 is 9.53 Å². The van der Waals surface area contributed by atoms with E-state index in [0.717, 1.165) is 18.8 Å². The highest BCUT2D eigenvalue weighted by molar-refractivity contribution is 6.32. The summed E-state index contributed by atoms with van der Waals surface area (Å²) in [4.78, 5) is 14.6. The lowest BCUT2D eigenvalue weighted by molar-refractivity contribution is 0.102. The molecule has 0 aliphatic carbocycles. The minimum atomic E-state index is -0.191. The Balaban J connectivity index is 1.68. The first-order chi connectivity index (χ1) is 11.2. The van der Waals surface area contributed by atoms with Crippen molar-refractivity contribution in [1.29, 1.82) is 0 Å². The van der Waals surface area contributed by atoms with Gasteiger partial charge in [-0.25, -0.2) is 0 Å². The molecule has 1 amide bonds. The van der Waals surface area contributed by atoms with Gasteiger partial charge in [0.1, 0.15) is 5.75 Å². The maximum Gasteiger partial charge on any atom is 0.255 e. The molecule has 0 bridgehead atoms. The Morgan fingerprint density at radius 1 is 1.13 bits per heavy atom. The van der Waals surface area contributed by atoms with Crippen molar-refractivity contribution in [2.24, 2.45) is 0 Å². The molecule has 1 saturated heterocycles. The second-order valence-electron chi connectivity index (χ2n) is 5.54. The number of methoxy groups -OCH3 is 1. The predicted octanol–water partition coefficient (Wildman–Crippen LogP) is 4.20. The molecule has 0 aromatic heterocycles. The Labute approximate surface area is 141 Å². The van der Waals surface area contributed by atoms with Crippen LogP contribution >= 0.6 is 11.6 Å². The number of nitrogens with one attached hydrogen (secondary N) is 1. The molecular formula is C18H19ClN2O2. The summed E-state index contributed by atoms with van der Waals surface area (Å²) in [5.41, 5.74) is 2.47. The number of rotatable bonds is 4. The molecule has 4 nitrogen and oxygen atoms in total. The number of amides is 1. The molecule has 0 radical (unpaired) electrons. The molecule has 2 aromatic carbocycles. The molecule has 2 aromatic rings. The fourth-order valence-corrected chi connectivity index (χ4v) is 3.00. The molecule has 1 aliphatic rings. The van der Waals surface area contributed by atoms with Gasteiger partial charge in [-0.05, 0) is 55.3 Å². The topological polar surface area (TPSA) is 41.6 Å². The number of anilines is 2. The van der Waals surface area contributed by atoms with E-state index < -0.39 is 0 Å².